The molecule has 9 aromatic carbocycles. The molecule has 4 aliphatic heterocycles. The fourth-order valence-electron chi connectivity index (χ4n) is 12.1. The van der Waals surface area contributed by atoms with Gasteiger partial charge in [-0.25, -0.2) is 20.0 Å². The molecular formula is C66H38Cl2CuN12O2. The smallest absolute Gasteiger partial charge is 0.451 e. The Balaban J connectivity index is 0.000000135. The molecule has 0 saturated carbocycles. The SMILES string of the molecule is CCn1c2ccccc2c2cc3c(cc21)Oc1c(Cl)c2c(c(Cl)c1=N3)Oc1cc3c(cc1N=2)c1ccccc1n3CC.[Cu+2].c1ccc2c(c1)-c1nc-2nc2[n-]c(nc3nc(nc4[n-]c(n1)c1ccccc41)-c1ccccc1-3)c1ccccc21. The molecule has 17 heteroatoms. The zero-order valence-corrected chi connectivity index (χ0v) is 46.3. The molecule has 0 spiro atoms. The number of aromatic nitrogens is 10. The van der Waals surface area contributed by atoms with E-state index >= 15 is 0 Å². The van der Waals surface area contributed by atoms with Gasteiger partial charge in [-0.2, -0.15) is 0 Å². The van der Waals surface area contributed by atoms with Crippen molar-refractivity contribution >= 4 is 122 Å². The van der Waals surface area contributed by atoms with Gasteiger partial charge in [0.25, 0.3) is 0 Å². The first-order valence-corrected chi connectivity index (χ1v) is 27.6. The van der Waals surface area contributed by atoms with Gasteiger partial charge in [-0.05, 0) is 59.7 Å². The van der Waals surface area contributed by atoms with Crippen molar-refractivity contribution in [1.82, 2.24) is 49.0 Å². The van der Waals surface area contributed by atoms with Gasteiger partial charge in [0.05, 0.1) is 34.3 Å². The van der Waals surface area contributed by atoms with Crippen molar-refractivity contribution in [3.8, 4) is 68.5 Å². The summed E-state index contributed by atoms with van der Waals surface area (Å²) in [5.41, 5.74) is 11.7. The molecule has 9 heterocycles. The van der Waals surface area contributed by atoms with Gasteiger partial charge in [0.1, 0.15) is 32.1 Å². The van der Waals surface area contributed by atoms with E-state index in [1.165, 1.54) is 21.8 Å². The van der Waals surface area contributed by atoms with Gasteiger partial charge in [0.15, 0.2) is 23.0 Å². The maximum absolute atomic E-state index is 7.00. The minimum Gasteiger partial charge on any atom is -0.451 e. The van der Waals surface area contributed by atoms with Gasteiger partial charge < -0.3 is 48.5 Å². The van der Waals surface area contributed by atoms with Crippen LogP contribution in [0, 0.1) is 0 Å². The van der Waals surface area contributed by atoms with E-state index in [0.717, 1.165) is 78.7 Å². The summed E-state index contributed by atoms with van der Waals surface area (Å²) in [4.78, 5) is 49.2. The maximum atomic E-state index is 7.00. The monoisotopic (exact) mass is 1160 g/mol. The molecule has 0 N–H and O–H groups in total. The van der Waals surface area contributed by atoms with E-state index < -0.39 is 0 Å². The number of aryl methyl sites for hydroxylation is 2. The third kappa shape index (κ3) is 7.35. The largest absolute Gasteiger partial charge is 2.00 e. The summed E-state index contributed by atoms with van der Waals surface area (Å²) in [7, 11) is 0. The van der Waals surface area contributed by atoms with Crippen LogP contribution in [0.5, 0.6) is 23.0 Å². The molecule has 8 bridgehead atoms. The number of rotatable bonds is 2. The van der Waals surface area contributed by atoms with Crippen LogP contribution in [-0.2, 0) is 30.2 Å². The fourth-order valence-corrected chi connectivity index (χ4v) is 12.6. The Hall–Kier alpha value is -9.76. The first-order chi connectivity index (χ1) is 40.3. The van der Waals surface area contributed by atoms with Gasteiger partial charge in [-0.15, -0.1) is 0 Å². The molecule has 18 rings (SSSR count). The maximum Gasteiger partial charge on any atom is 2.00 e. The topological polar surface area (TPSA) is 159 Å². The Morgan fingerprint density at radius 3 is 1.02 bits per heavy atom. The van der Waals surface area contributed by atoms with E-state index in [-0.39, 0.29) is 17.1 Å². The number of benzene rings is 9. The van der Waals surface area contributed by atoms with Gasteiger partial charge in [0, 0.05) is 103 Å². The quantitative estimate of drug-likeness (QED) is 0.153. The molecule has 0 fully saturated rings. The molecule has 14 nitrogen and oxygen atoms in total. The van der Waals surface area contributed by atoms with Crippen LogP contribution >= 0.6 is 23.2 Å². The van der Waals surface area contributed by atoms with E-state index in [1.807, 2.05) is 109 Å². The second-order valence-electron chi connectivity index (χ2n) is 20.3. The number of ether oxygens (including phenoxy) is 2. The second kappa shape index (κ2) is 18.6. The van der Waals surface area contributed by atoms with Crippen LogP contribution in [0.2, 0.25) is 10.0 Å². The summed E-state index contributed by atoms with van der Waals surface area (Å²) in [5, 5.41) is 9.64. The molecular weight excluding hydrogens is 1130 g/mol. The zero-order valence-electron chi connectivity index (χ0n) is 43.8. The van der Waals surface area contributed by atoms with Crippen LogP contribution < -0.4 is 30.2 Å². The van der Waals surface area contributed by atoms with Crippen LogP contribution in [0.15, 0.2) is 180 Å². The molecule has 0 amide bonds. The van der Waals surface area contributed by atoms with E-state index in [2.05, 4.69) is 83.6 Å². The Morgan fingerprint density at radius 2 is 0.687 bits per heavy atom. The number of halogens is 2. The summed E-state index contributed by atoms with van der Waals surface area (Å²) in [6.07, 6.45) is 0. The number of fused-ring (bicyclic) bond motifs is 30. The number of hydrogen-bond acceptors (Lipinski definition) is 10. The third-order valence-corrected chi connectivity index (χ3v) is 16.5. The van der Waals surface area contributed by atoms with Gasteiger partial charge >= 0.3 is 17.1 Å². The molecule has 83 heavy (non-hydrogen) atoms. The molecule has 5 aromatic heterocycles. The first-order valence-electron chi connectivity index (χ1n) is 26.9. The molecule has 0 saturated heterocycles. The minimum absolute atomic E-state index is 0. The van der Waals surface area contributed by atoms with E-state index in [4.69, 9.17) is 82.5 Å². The Morgan fingerprint density at radius 1 is 0.373 bits per heavy atom. The van der Waals surface area contributed by atoms with Gasteiger partial charge in [-0.3, -0.25) is 0 Å². The van der Waals surface area contributed by atoms with E-state index in [1.54, 1.807) is 0 Å². The summed E-state index contributed by atoms with van der Waals surface area (Å²) >= 11 is 14.0. The number of para-hydroxylation sites is 2. The van der Waals surface area contributed by atoms with Crippen molar-refractivity contribution in [1.29, 1.82) is 0 Å². The summed E-state index contributed by atoms with van der Waals surface area (Å²) in [6.45, 7) is 5.94. The van der Waals surface area contributed by atoms with Crippen molar-refractivity contribution in [2.24, 2.45) is 9.98 Å². The number of nitrogens with zero attached hydrogens (tertiary/aromatic N) is 12. The first kappa shape index (κ1) is 49.1. The van der Waals surface area contributed by atoms with Crippen molar-refractivity contribution in [2.75, 3.05) is 0 Å². The fraction of sp³-hybridized carbons (Fsp3) is 0.0606. The van der Waals surface area contributed by atoms with E-state index in [0.29, 0.717) is 101 Å². The van der Waals surface area contributed by atoms with Crippen LogP contribution in [0.25, 0.3) is 133 Å². The molecule has 0 aliphatic carbocycles. The van der Waals surface area contributed by atoms with Crippen molar-refractivity contribution in [3.63, 3.8) is 0 Å². The zero-order chi connectivity index (χ0) is 54.5. The molecule has 1 radical (unpaired) electrons. The Labute approximate surface area is 490 Å². The van der Waals surface area contributed by atoms with Gasteiger partial charge in [0.2, 0.25) is 0 Å². The molecule has 0 atom stereocenters. The predicted octanol–water partition coefficient (Wildman–Crippen LogP) is 15.5. The van der Waals surface area contributed by atoms with Crippen LogP contribution in [0.4, 0.5) is 11.4 Å². The Kier molecular flexibility index (Phi) is 11.0. The molecule has 14 aromatic rings. The summed E-state index contributed by atoms with van der Waals surface area (Å²) < 4.78 is 17.5. The van der Waals surface area contributed by atoms with Crippen LogP contribution in [-0.4, -0.2) is 39.0 Å². The second-order valence-corrected chi connectivity index (χ2v) is 21.0. The van der Waals surface area contributed by atoms with E-state index in [9.17, 15) is 0 Å². The minimum atomic E-state index is 0. The predicted molar refractivity (Wildman–Crippen MR) is 322 cm³/mol. The molecule has 399 valence electrons. The number of hydrogen-bond donors (Lipinski definition) is 0. The normalized spacial score (nSPS) is 12.5. The van der Waals surface area contributed by atoms with Crippen LogP contribution in [0.1, 0.15) is 13.8 Å². The average molecular weight is 1170 g/mol. The van der Waals surface area contributed by atoms with Gasteiger partial charge in [-0.1, -0.05) is 157 Å². The van der Waals surface area contributed by atoms with Crippen molar-refractivity contribution in [2.45, 2.75) is 26.9 Å². The third-order valence-electron chi connectivity index (χ3n) is 15.8. The summed E-state index contributed by atoms with van der Waals surface area (Å²) in [6, 6.07) is 56.8. The van der Waals surface area contributed by atoms with Crippen molar-refractivity contribution in [3.05, 3.63) is 191 Å². The molecule has 0 unspecified atom stereocenters. The van der Waals surface area contributed by atoms with Crippen LogP contribution in [0.3, 0.4) is 0 Å². The standard InChI is InChI=1S/C34H22Cl2N4O2.C32H16N8.Cu/c1-3-39-23-11-7-5-9-17(23)19-13-21-27(15-25(19)39)41-33-29(35)32-34(30(36)31(33)37-21)42-28-16-26-20(14-22(28)38-32)18-10-6-8-12-24(18)40(26)4-2;1-2-10-18-17(9-1)25-33-26(18)38-28-21-13-5-6-14-22(21)30(35-28)40-32-24-16-8-7-15-23(24)31(36-32)39-29-20-12-4-3-11-19(20)27(34-29)37-25;/h5-16H,3-4H2,1-2H3;1-16H;/q;-2;+2. The average Bonchev–Trinajstić information content (AvgIpc) is 4.06. The Bertz CT molecular complexity index is 5020. The molecule has 4 aliphatic rings. The summed E-state index contributed by atoms with van der Waals surface area (Å²) in [5.74, 6) is 4.21. The van der Waals surface area contributed by atoms with Crippen molar-refractivity contribution < 1.29 is 26.5 Å².